The summed E-state index contributed by atoms with van der Waals surface area (Å²) in [7, 11) is 0. The van der Waals surface area contributed by atoms with Crippen LogP contribution in [0.3, 0.4) is 0 Å². The Morgan fingerprint density at radius 2 is 1.84 bits per heavy atom. The van der Waals surface area contributed by atoms with Crippen molar-refractivity contribution in [2.24, 2.45) is 0 Å². The molecule has 0 spiro atoms. The van der Waals surface area contributed by atoms with Gasteiger partial charge in [0.25, 0.3) is 0 Å². The average molecular weight is 327 g/mol. The quantitative estimate of drug-likeness (QED) is 0.523. The first kappa shape index (κ1) is 15.0. The second-order valence-corrected chi connectivity index (χ2v) is 5.40. The number of nitrogens with zero attached hydrogens (tertiary/aromatic N) is 3. The van der Waals surface area contributed by atoms with Gasteiger partial charge in [-0.15, -0.1) is 0 Å². The Bertz CT molecular complexity index is 1050. The Hall–Kier alpha value is -3.60. The molecule has 0 bridgehead atoms. The van der Waals surface area contributed by atoms with E-state index in [2.05, 4.69) is 15.0 Å². The van der Waals surface area contributed by atoms with Crippen LogP contribution in [-0.2, 0) is 0 Å². The fourth-order valence-electron chi connectivity index (χ4n) is 2.51. The van der Waals surface area contributed by atoms with E-state index in [1.54, 1.807) is 36.7 Å². The third-order valence-electron chi connectivity index (χ3n) is 3.70. The molecule has 4 aromatic rings. The molecule has 25 heavy (non-hydrogen) atoms. The van der Waals surface area contributed by atoms with Crippen molar-refractivity contribution in [3.8, 4) is 23.0 Å². The molecular weight excluding hydrogens is 314 g/mol. The van der Waals surface area contributed by atoms with Gasteiger partial charge in [-0.3, -0.25) is 9.78 Å². The summed E-state index contributed by atoms with van der Waals surface area (Å²) in [6.07, 6.45) is 4.19. The maximum absolute atomic E-state index is 11.0. The van der Waals surface area contributed by atoms with Crippen molar-refractivity contribution in [2.45, 2.75) is 0 Å². The van der Waals surface area contributed by atoms with Gasteiger partial charge in [-0.2, -0.15) is 4.98 Å². The number of aromatic nitrogens is 3. The topological polar surface area (TPSA) is 65.0 Å². The number of hydrogen-bond donors (Lipinski definition) is 0. The molecule has 2 aromatic carbocycles. The minimum Gasteiger partial charge on any atom is -0.438 e. The van der Waals surface area contributed by atoms with E-state index >= 15 is 0 Å². The van der Waals surface area contributed by atoms with Gasteiger partial charge >= 0.3 is 0 Å². The normalized spacial score (nSPS) is 10.6. The minimum absolute atomic E-state index is 0.438. The van der Waals surface area contributed by atoms with E-state index < -0.39 is 0 Å². The molecule has 0 radical (unpaired) electrons. The first-order valence-corrected chi connectivity index (χ1v) is 7.74. The molecule has 0 N–H and O–H groups in total. The Labute approximate surface area is 144 Å². The molecule has 0 aliphatic heterocycles. The van der Waals surface area contributed by atoms with Gasteiger partial charge in [0.15, 0.2) is 5.82 Å². The zero-order chi connectivity index (χ0) is 17.1. The molecule has 5 heteroatoms. The molecule has 0 saturated carbocycles. The molecule has 0 unspecified atom stereocenters. The molecule has 0 aliphatic rings. The highest BCUT2D eigenvalue weighted by Crippen LogP contribution is 2.30. The average Bonchev–Trinajstić information content (AvgIpc) is 2.69. The number of fused-ring (bicyclic) bond motifs is 1. The first-order chi connectivity index (χ1) is 12.3. The third-order valence-corrected chi connectivity index (χ3v) is 3.70. The van der Waals surface area contributed by atoms with Gasteiger partial charge in [-0.25, -0.2) is 4.98 Å². The number of hydrogen-bond acceptors (Lipinski definition) is 5. The van der Waals surface area contributed by atoms with Gasteiger partial charge in [0.1, 0.15) is 12.0 Å². The summed E-state index contributed by atoms with van der Waals surface area (Å²) in [5.41, 5.74) is 2.13. The van der Waals surface area contributed by atoms with Crippen LogP contribution < -0.4 is 4.74 Å². The van der Waals surface area contributed by atoms with Crippen molar-refractivity contribution in [1.29, 1.82) is 0 Å². The lowest BCUT2D eigenvalue weighted by Gasteiger charge is -2.10. The largest absolute Gasteiger partial charge is 0.438 e. The van der Waals surface area contributed by atoms with E-state index in [0.717, 1.165) is 22.8 Å². The van der Waals surface area contributed by atoms with E-state index in [1.807, 2.05) is 36.4 Å². The minimum atomic E-state index is 0.438. The van der Waals surface area contributed by atoms with Gasteiger partial charge < -0.3 is 4.74 Å². The molecular formula is C20H13N3O2. The van der Waals surface area contributed by atoms with Gasteiger partial charge in [0.2, 0.25) is 5.88 Å². The van der Waals surface area contributed by atoms with Gasteiger partial charge in [-0.1, -0.05) is 24.3 Å². The van der Waals surface area contributed by atoms with Crippen LogP contribution in [0, 0.1) is 0 Å². The Kier molecular flexibility index (Phi) is 3.88. The van der Waals surface area contributed by atoms with E-state index in [1.165, 1.54) is 0 Å². The Morgan fingerprint density at radius 1 is 0.920 bits per heavy atom. The lowest BCUT2D eigenvalue weighted by atomic mass is 10.2. The summed E-state index contributed by atoms with van der Waals surface area (Å²) in [6.45, 7) is 0. The highest BCUT2D eigenvalue weighted by atomic mass is 16.5. The highest BCUT2D eigenvalue weighted by molar-refractivity contribution is 5.85. The number of carbonyl (C=O) groups is 1. The van der Waals surface area contributed by atoms with Crippen molar-refractivity contribution < 1.29 is 9.53 Å². The molecule has 4 rings (SSSR count). The number of ether oxygens (including phenoxy) is 1. The summed E-state index contributed by atoms with van der Waals surface area (Å²) in [6, 6.07) is 18.3. The first-order valence-electron chi connectivity index (χ1n) is 7.74. The number of aldehydes is 1. The molecule has 0 fully saturated rings. The molecule has 0 saturated heterocycles. The molecule has 2 aromatic heterocycles. The Morgan fingerprint density at radius 3 is 2.68 bits per heavy atom. The maximum atomic E-state index is 11.0. The summed E-state index contributed by atoms with van der Waals surface area (Å²) in [4.78, 5) is 24.2. The number of pyridine rings is 1. The summed E-state index contributed by atoms with van der Waals surface area (Å²) >= 11 is 0. The van der Waals surface area contributed by atoms with Crippen molar-refractivity contribution in [3.63, 3.8) is 0 Å². The number of benzene rings is 2. The lowest BCUT2D eigenvalue weighted by molar-refractivity contribution is 0.112. The smallest absolute Gasteiger partial charge is 0.230 e. The second-order valence-electron chi connectivity index (χ2n) is 5.40. The zero-order valence-electron chi connectivity index (χ0n) is 13.2. The van der Waals surface area contributed by atoms with Crippen LogP contribution >= 0.6 is 0 Å². The summed E-state index contributed by atoms with van der Waals surface area (Å²) in [5, 5.41) is 0.798. The fraction of sp³-hybridized carbons (Fsp3) is 0. The van der Waals surface area contributed by atoms with Crippen molar-refractivity contribution >= 4 is 17.2 Å². The number of rotatable bonds is 4. The standard InChI is InChI=1S/C20H13N3O2/c24-13-14-5-3-7-16(11-14)25-20-17-8-1-2-9-18(17)22-19(23-20)15-6-4-10-21-12-15/h1-13H. The third kappa shape index (κ3) is 3.07. The number of carbonyl (C=O) groups excluding carboxylic acids is 1. The SMILES string of the molecule is O=Cc1cccc(Oc2nc(-c3cccnc3)nc3ccccc23)c1. The van der Waals surface area contributed by atoms with E-state index in [4.69, 9.17) is 4.74 Å². The second kappa shape index (κ2) is 6.49. The highest BCUT2D eigenvalue weighted by Gasteiger charge is 2.11. The van der Waals surface area contributed by atoms with Crippen molar-refractivity contribution in [1.82, 2.24) is 15.0 Å². The van der Waals surface area contributed by atoms with Gasteiger partial charge in [-0.05, 0) is 36.4 Å². The zero-order valence-corrected chi connectivity index (χ0v) is 13.2. The summed E-state index contributed by atoms with van der Waals surface area (Å²) in [5.74, 6) is 1.52. The van der Waals surface area contributed by atoms with Crippen molar-refractivity contribution in [3.05, 3.63) is 78.6 Å². The van der Waals surface area contributed by atoms with E-state index in [-0.39, 0.29) is 0 Å². The van der Waals surface area contributed by atoms with Gasteiger partial charge in [0.05, 0.1) is 10.9 Å². The van der Waals surface area contributed by atoms with E-state index in [0.29, 0.717) is 23.0 Å². The van der Waals surface area contributed by atoms with E-state index in [9.17, 15) is 4.79 Å². The fourth-order valence-corrected chi connectivity index (χ4v) is 2.51. The van der Waals surface area contributed by atoms with Crippen LogP contribution in [0.25, 0.3) is 22.3 Å². The molecule has 2 heterocycles. The lowest BCUT2D eigenvalue weighted by Crippen LogP contribution is -1.96. The van der Waals surface area contributed by atoms with Crippen LogP contribution in [-0.4, -0.2) is 21.2 Å². The summed E-state index contributed by atoms with van der Waals surface area (Å²) < 4.78 is 5.97. The van der Waals surface area contributed by atoms with Gasteiger partial charge in [0, 0.05) is 23.5 Å². The number of para-hydroxylation sites is 1. The van der Waals surface area contributed by atoms with Crippen LogP contribution in [0.1, 0.15) is 10.4 Å². The molecule has 120 valence electrons. The molecule has 0 atom stereocenters. The Balaban J connectivity index is 1.85. The predicted molar refractivity (Wildman–Crippen MR) is 94.7 cm³/mol. The molecule has 0 aliphatic carbocycles. The van der Waals surface area contributed by atoms with Crippen LogP contribution in [0.5, 0.6) is 11.6 Å². The molecule has 5 nitrogen and oxygen atoms in total. The van der Waals surface area contributed by atoms with Crippen LogP contribution in [0.4, 0.5) is 0 Å². The van der Waals surface area contributed by atoms with Crippen LogP contribution in [0.15, 0.2) is 73.1 Å². The predicted octanol–water partition coefficient (Wildman–Crippen LogP) is 4.30. The maximum Gasteiger partial charge on any atom is 0.230 e. The molecule has 0 amide bonds. The van der Waals surface area contributed by atoms with Crippen LogP contribution in [0.2, 0.25) is 0 Å². The monoisotopic (exact) mass is 327 g/mol. The van der Waals surface area contributed by atoms with Crippen molar-refractivity contribution in [2.75, 3.05) is 0 Å².